The molecule has 0 radical (unpaired) electrons. The van der Waals surface area contributed by atoms with Crippen LogP contribution in [0.4, 0.5) is 0 Å². The lowest BCUT2D eigenvalue weighted by Crippen LogP contribution is -2.34. The summed E-state index contributed by atoms with van der Waals surface area (Å²) in [5.74, 6) is -0.537. The van der Waals surface area contributed by atoms with Crippen molar-refractivity contribution >= 4 is 11.7 Å². The Morgan fingerprint density at radius 1 is 0.941 bits per heavy atom. The minimum Gasteiger partial charge on any atom is -0.356 e. The molecule has 0 aliphatic rings. The fraction of sp³-hybridized carbons (Fsp3) is 0.857. The van der Waals surface area contributed by atoms with Crippen molar-refractivity contribution in [1.29, 1.82) is 0 Å². The van der Waals surface area contributed by atoms with Crippen molar-refractivity contribution in [1.82, 2.24) is 5.32 Å². The number of ketones is 1. The van der Waals surface area contributed by atoms with Crippen LogP contribution in [-0.2, 0) is 9.59 Å². The monoisotopic (exact) mass is 251 g/mol. The van der Waals surface area contributed by atoms with Crippen LogP contribution in [0.3, 0.4) is 0 Å². The van der Waals surface area contributed by atoms with Gasteiger partial charge in [-0.25, -0.2) is 0 Å². The van der Waals surface area contributed by atoms with Gasteiger partial charge in [-0.1, -0.05) is 51.0 Å². The van der Waals surface area contributed by atoms with Crippen LogP contribution >= 0.6 is 0 Å². The number of hydrogen-bond acceptors (Lipinski definition) is 2. The summed E-state index contributed by atoms with van der Waals surface area (Å²) in [6, 6.07) is 0. The number of amides is 1. The summed E-state index contributed by atoms with van der Waals surface area (Å²) < 4.78 is 0. The largest absolute Gasteiger partial charge is 0.356 e. The smallest absolute Gasteiger partial charge is 0.230 e. The van der Waals surface area contributed by atoms with E-state index in [1.54, 1.807) is 6.92 Å². The highest BCUT2D eigenvalue weighted by Gasteiger charge is 2.21. The molecule has 0 saturated carbocycles. The van der Waals surface area contributed by atoms with Crippen LogP contribution in [0.2, 0.25) is 0 Å². The lowest BCUT2D eigenvalue weighted by Gasteiger charge is -2.11. The zero-order chi connectivity index (χ0) is 9.56. The van der Waals surface area contributed by atoms with Gasteiger partial charge >= 0.3 is 0 Å². The highest BCUT2D eigenvalue weighted by molar-refractivity contribution is 6.01. The van der Waals surface area contributed by atoms with Crippen molar-refractivity contribution in [2.75, 3.05) is 6.54 Å². The van der Waals surface area contributed by atoms with Gasteiger partial charge in [-0.15, -0.1) is 0 Å². The van der Waals surface area contributed by atoms with Gasteiger partial charge < -0.3 is 5.32 Å². The predicted octanol–water partition coefficient (Wildman–Crippen LogP) is 4.31. The molecule has 3 nitrogen and oxygen atoms in total. The molecule has 0 fully saturated rings. The molecule has 0 aromatic heterocycles. The molecule has 1 unspecified atom stereocenters. The molecule has 0 aliphatic heterocycles. The van der Waals surface area contributed by atoms with Crippen molar-refractivity contribution in [3.05, 3.63) is 0 Å². The van der Waals surface area contributed by atoms with Crippen LogP contribution in [0.1, 0.15) is 70.7 Å². The average molecular weight is 251 g/mol. The Morgan fingerprint density at radius 3 is 1.59 bits per heavy atom. The summed E-state index contributed by atoms with van der Waals surface area (Å²) >= 11 is 0. The number of rotatable bonds is 5. The SMILES string of the molecule is C.C.C.C.C.CCNC(=O)C(CC)C(=O)CC. The van der Waals surface area contributed by atoms with Gasteiger partial charge in [0.1, 0.15) is 5.78 Å². The Labute approximate surface area is 110 Å². The Bertz CT molecular complexity index is 168. The molecule has 17 heavy (non-hydrogen) atoms. The molecule has 1 N–H and O–H groups in total. The van der Waals surface area contributed by atoms with Crippen molar-refractivity contribution in [2.45, 2.75) is 70.7 Å². The minimum absolute atomic E-state index is 0. The summed E-state index contributed by atoms with van der Waals surface area (Å²) in [7, 11) is 0. The molecule has 0 aromatic rings. The van der Waals surface area contributed by atoms with E-state index in [2.05, 4.69) is 5.32 Å². The van der Waals surface area contributed by atoms with Gasteiger partial charge in [0.15, 0.2) is 0 Å². The van der Waals surface area contributed by atoms with Crippen LogP contribution in [0.25, 0.3) is 0 Å². The Hall–Kier alpha value is -0.860. The first-order valence-corrected chi connectivity index (χ1v) is 4.47. The van der Waals surface area contributed by atoms with Gasteiger partial charge in [-0.05, 0) is 13.3 Å². The van der Waals surface area contributed by atoms with Crippen LogP contribution in [-0.4, -0.2) is 18.2 Å². The number of carbonyl (C=O) groups excluding carboxylic acids is 2. The van der Waals surface area contributed by atoms with E-state index in [-0.39, 0.29) is 48.8 Å². The lowest BCUT2D eigenvalue weighted by atomic mass is 9.98. The van der Waals surface area contributed by atoms with Crippen molar-refractivity contribution in [2.24, 2.45) is 5.92 Å². The second kappa shape index (κ2) is 20.5. The first-order chi connectivity index (χ1) is 5.67. The topological polar surface area (TPSA) is 46.2 Å². The highest BCUT2D eigenvalue weighted by atomic mass is 16.2. The summed E-state index contributed by atoms with van der Waals surface area (Å²) in [6.45, 7) is 6.07. The van der Waals surface area contributed by atoms with Gasteiger partial charge in [-0.2, -0.15) is 0 Å². The van der Waals surface area contributed by atoms with Crippen molar-refractivity contribution in [3.8, 4) is 0 Å². The maximum absolute atomic E-state index is 11.2. The standard InChI is InChI=1S/C9H17NO2.5CH4/c1-4-7(8(11)5-2)9(12)10-6-3;;;;;/h7H,4-6H2,1-3H3,(H,10,12);5*1H4. The Kier molecular flexibility index (Phi) is 43.5. The summed E-state index contributed by atoms with van der Waals surface area (Å²) in [5.41, 5.74) is 0. The van der Waals surface area contributed by atoms with Crippen LogP contribution < -0.4 is 5.32 Å². The molecule has 0 spiro atoms. The van der Waals surface area contributed by atoms with E-state index >= 15 is 0 Å². The Balaban J connectivity index is -0.0000000605. The summed E-state index contributed by atoms with van der Waals surface area (Å²) in [6.07, 6.45) is 1.04. The summed E-state index contributed by atoms with van der Waals surface area (Å²) in [4.78, 5) is 22.4. The predicted molar refractivity (Wildman–Crippen MR) is 81.4 cm³/mol. The normalized spacial score (nSPS) is 8.65. The van der Waals surface area contributed by atoms with E-state index in [9.17, 15) is 9.59 Å². The molecule has 0 bridgehead atoms. The fourth-order valence-corrected chi connectivity index (χ4v) is 1.10. The number of carbonyl (C=O) groups is 2. The van der Waals surface area contributed by atoms with Crippen LogP contribution in [0, 0.1) is 5.92 Å². The second-order valence-electron chi connectivity index (χ2n) is 2.68. The average Bonchev–Trinajstić information content (AvgIpc) is 2.06. The molecule has 0 aromatic carbocycles. The van der Waals surface area contributed by atoms with Crippen LogP contribution in [0.5, 0.6) is 0 Å². The number of Topliss-reactive ketones (excluding diaryl/α,β-unsaturated/α-hetero) is 1. The minimum atomic E-state index is -0.435. The number of hydrogen-bond donors (Lipinski definition) is 1. The molecule has 0 heterocycles. The molecule has 0 rings (SSSR count). The number of nitrogens with one attached hydrogen (secondary N) is 1. The maximum atomic E-state index is 11.2. The third-order valence-corrected chi connectivity index (χ3v) is 1.81. The summed E-state index contributed by atoms with van der Waals surface area (Å²) in [5, 5.41) is 2.65. The quantitative estimate of drug-likeness (QED) is 0.740. The van der Waals surface area contributed by atoms with Crippen molar-refractivity contribution < 1.29 is 9.59 Å². The molecule has 3 heteroatoms. The van der Waals surface area contributed by atoms with Gasteiger partial charge in [0.25, 0.3) is 0 Å². The molecule has 1 atom stereocenters. The third kappa shape index (κ3) is 13.1. The highest BCUT2D eigenvalue weighted by Crippen LogP contribution is 2.06. The molecule has 110 valence electrons. The Morgan fingerprint density at radius 2 is 1.35 bits per heavy atom. The second-order valence-corrected chi connectivity index (χ2v) is 2.68. The first-order valence-electron chi connectivity index (χ1n) is 4.47. The van der Waals surface area contributed by atoms with Crippen molar-refractivity contribution in [3.63, 3.8) is 0 Å². The lowest BCUT2D eigenvalue weighted by molar-refractivity contribution is -0.133. The van der Waals surface area contributed by atoms with Gasteiger partial charge in [0.05, 0.1) is 5.92 Å². The van der Waals surface area contributed by atoms with E-state index in [1.807, 2.05) is 13.8 Å². The first kappa shape index (κ1) is 36.0. The van der Waals surface area contributed by atoms with E-state index < -0.39 is 5.92 Å². The maximum Gasteiger partial charge on any atom is 0.230 e. The van der Waals surface area contributed by atoms with E-state index in [0.717, 1.165) is 0 Å². The molecule has 0 aliphatic carbocycles. The molecular weight excluding hydrogens is 214 g/mol. The molecule has 0 saturated heterocycles. The van der Waals surface area contributed by atoms with Crippen LogP contribution in [0.15, 0.2) is 0 Å². The molecular formula is C14H37NO2. The van der Waals surface area contributed by atoms with Gasteiger partial charge in [0.2, 0.25) is 5.91 Å². The third-order valence-electron chi connectivity index (χ3n) is 1.81. The van der Waals surface area contributed by atoms with E-state index in [0.29, 0.717) is 19.4 Å². The fourth-order valence-electron chi connectivity index (χ4n) is 1.10. The van der Waals surface area contributed by atoms with E-state index in [1.165, 1.54) is 0 Å². The zero-order valence-corrected chi connectivity index (χ0v) is 8.02. The zero-order valence-electron chi connectivity index (χ0n) is 8.02. The van der Waals surface area contributed by atoms with E-state index in [4.69, 9.17) is 0 Å². The molecule has 1 amide bonds. The van der Waals surface area contributed by atoms with Gasteiger partial charge in [0, 0.05) is 13.0 Å². The van der Waals surface area contributed by atoms with Gasteiger partial charge in [-0.3, -0.25) is 9.59 Å².